The van der Waals surface area contributed by atoms with Gasteiger partial charge in [-0.1, -0.05) is 48.0 Å². The highest BCUT2D eigenvalue weighted by atomic mass is 35.5. The summed E-state index contributed by atoms with van der Waals surface area (Å²) < 4.78 is 11.3. The molecule has 0 spiro atoms. The normalized spacial score (nSPS) is 10.4. The van der Waals surface area contributed by atoms with Crippen LogP contribution in [-0.2, 0) is 13.2 Å². The quantitative estimate of drug-likeness (QED) is 0.566. The average molecular weight is 396 g/mol. The molecule has 1 amide bonds. The summed E-state index contributed by atoms with van der Waals surface area (Å²) in [5, 5.41) is 3.59. The van der Waals surface area contributed by atoms with Crippen LogP contribution in [0.4, 0.5) is 0 Å². The molecule has 0 saturated heterocycles. The minimum atomic E-state index is -0.149. The summed E-state index contributed by atoms with van der Waals surface area (Å²) in [5.74, 6) is 1.32. The van der Waals surface area contributed by atoms with Crippen molar-refractivity contribution in [3.8, 4) is 11.5 Å². The lowest BCUT2D eigenvalue weighted by molar-refractivity contribution is 0.0950. The number of carbonyl (C=O) groups excluding carboxylic acids is 1. The second kappa shape index (κ2) is 9.81. The smallest absolute Gasteiger partial charge is 0.251 e. The Morgan fingerprint density at radius 2 is 1.57 bits per heavy atom. The average Bonchev–Trinajstić information content (AvgIpc) is 2.73. The minimum Gasteiger partial charge on any atom is -0.494 e. The van der Waals surface area contributed by atoms with E-state index in [0.717, 1.165) is 16.9 Å². The Kier molecular flexibility index (Phi) is 6.93. The van der Waals surface area contributed by atoms with Crippen LogP contribution in [0.25, 0.3) is 0 Å². The van der Waals surface area contributed by atoms with Crippen LogP contribution in [0.5, 0.6) is 11.5 Å². The van der Waals surface area contributed by atoms with Crippen LogP contribution in [-0.4, -0.2) is 12.5 Å². The number of amides is 1. The summed E-state index contributed by atoms with van der Waals surface area (Å²) in [7, 11) is 0. The highest BCUT2D eigenvalue weighted by molar-refractivity contribution is 6.31. The molecule has 0 aliphatic heterocycles. The maximum atomic E-state index is 12.4. The summed E-state index contributed by atoms with van der Waals surface area (Å²) in [6.07, 6.45) is 0. The molecule has 144 valence electrons. The van der Waals surface area contributed by atoms with Crippen molar-refractivity contribution in [1.82, 2.24) is 5.32 Å². The van der Waals surface area contributed by atoms with Crippen molar-refractivity contribution in [2.45, 2.75) is 20.1 Å². The van der Waals surface area contributed by atoms with E-state index in [-0.39, 0.29) is 5.91 Å². The van der Waals surface area contributed by atoms with Gasteiger partial charge in [0.2, 0.25) is 0 Å². The second-order valence-corrected chi connectivity index (χ2v) is 6.54. The van der Waals surface area contributed by atoms with Crippen molar-refractivity contribution in [2.24, 2.45) is 0 Å². The topological polar surface area (TPSA) is 47.6 Å². The number of halogens is 1. The number of benzene rings is 3. The lowest BCUT2D eigenvalue weighted by atomic mass is 10.1. The summed E-state index contributed by atoms with van der Waals surface area (Å²) >= 11 is 6.13. The highest BCUT2D eigenvalue weighted by Gasteiger charge is 2.08. The predicted molar refractivity (Wildman–Crippen MR) is 111 cm³/mol. The molecule has 4 nitrogen and oxygen atoms in total. The van der Waals surface area contributed by atoms with Crippen molar-refractivity contribution in [3.05, 3.63) is 94.5 Å². The van der Waals surface area contributed by atoms with E-state index < -0.39 is 0 Å². The lowest BCUT2D eigenvalue weighted by Gasteiger charge is -2.11. The fourth-order valence-electron chi connectivity index (χ4n) is 2.70. The molecule has 28 heavy (non-hydrogen) atoms. The largest absolute Gasteiger partial charge is 0.494 e. The molecule has 0 bridgehead atoms. The molecule has 5 heteroatoms. The highest BCUT2D eigenvalue weighted by Crippen LogP contribution is 2.20. The molecule has 0 aliphatic rings. The Hall–Kier alpha value is -2.98. The predicted octanol–water partition coefficient (Wildman–Crippen LogP) is 5.25. The van der Waals surface area contributed by atoms with E-state index in [2.05, 4.69) is 5.32 Å². The van der Waals surface area contributed by atoms with E-state index in [1.54, 1.807) is 24.3 Å². The molecule has 0 aromatic heterocycles. The van der Waals surface area contributed by atoms with E-state index in [9.17, 15) is 4.79 Å². The van der Waals surface area contributed by atoms with Crippen molar-refractivity contribution < 1.29 is 14.3 Å². The first-order valence-electron chi connectivity index (χ1n) is 9.12. The van der Waals surface area contributed by atoms with Crippen molar-refractivity contribution >= 4 is 17.5 Å². The van der Waals surface area contributed by atoms with Gasteiger partial charge in [-0.2, -0.15) is 0 Å². The van der Waals surface area contributed by atoms with Gasteiger partial charge in [0.15, 0.2) is 0 Å². The fourth-order valence-corrected chi connectivity index (χ4v) is 2.89. The Bertz CT molecular complexity index is 925. The minimum absolute atomic E-state index is 0.149. The third-order valence-electron chi connectivity index (χ3n) is 4.18. The maximum Gasteiger partial charge on any atom is 0.251 e. The van der Waals surface area contributed by atoms with Gasteiger partial charge < -0.3 is 14.8 Å². The zero-order valence-corrected chi connectivity index (χ0v) is 16.4. The Balaban J connectivity index is 1.56. The number of para-hydroxylation sites is 1. The molecular weight excluding hydrogens is 374 g/mol. The van der Waals surface area contributed by atoms with Crippen molar-refractivity contribution in [2.75, 3.05) is 6.61 Å². The van der Waals surface area contributed by atoms with Gasteiger partial charge >= 0.3 is 0 Å². The van der Waals surface area contributed by atoms with Gasteiger partial charge in [-0.25, -0.2) is 0 Å². The van der Waals surface area contributed by atoms with E-state index >= 15 is 0 Å². The maximum absolute atomic E-state index is 12.4. The molecule has 0 aliphatic carbocycles. The van der Waals surface area contributed by atoms with E-state index in [1.165, 1.54) is 0 Å². The number of hydrogen-bond donors (Lipinski definition) is 1. The molecule has 0 radical (unpaired) electrons. The van der Waals surface area contributed by atoms with E-state index in [4.69, 9.17) is 21.1 Å². The molecule has 0 saturated carbocycles. The lowest BCUT2D eigenvalue weighted by Crippen LogP contribution is -2.23. The van der Waals surface area contributed by atoms with Crippen LogP contribution < -0.4 is 14.8 Å². The molecule has 1 N–H and O–H groups in total. The molecule has 0 heterocycles. The van der Waals surface area contributed by atoms with E-state index in [0.29, 0.717) is 36.1 Å². The van der Waals surface area contributed by atoms with Crippen LogP contribution >= 0.6 is 11.6 Å². The Morgan fingerprint density at radius 1 is 0.893 bits per heavy atom. The number of carbonyl (C=O) groups is 1. The van der Waals surface area contributed by atoms with Crippen LogP contribution in [0.3, 0.4) is 0 Å². The van der Waals surface area contributed by atoms with Gasteiger partial charge in [0.05, 0.1) is 6.61 Å². The van der Waals surface area contributed by atoms with Gasteiger partial charge in [-0.3, -0.25) is 4.79 Å². The summed E-state index contributed by atoms with van der Waals surface area (Å²) in [5.41, 5.74) is 2.43. The zero-order valence-electron chi connectivity index (χ0n) is 15.7. The molecule has 3 rings (SSSR count). The molecule has 3 aromatic rings. The van der Waals surface area contributed by atoms with Gasteiger partial charge in [-0.05, 0) is 43.3 Å². The summed E-state index contributed by atoms with van der Waals surface area (Å²) in [6, 6.07) is 22.3. The molecule has 0 atom stereocenters. The number of hydrogen-bond acceptors (Lipinski definition) is 3. The van der Waals surface area contributed by atoms with Crippen LogP contribution in [0, 0.1) is 0 Å². The SMILES string of the molecule is CCOc1ccccc1CNC(=O)c1ccc(OCc2ccccc2Cl)cc1. The molecule has 0 unspecified atom stereocenters. The molecular formula is C23H22ClNO3. The molecule has 0 fully saturated rings. The van der Waals surface area contributed by atoms with Crippen molar-refractivity contribution in [1.29, 1.82) is 0 Å². The first-order chi connectivity index (χ1) is 13.7. The van der Waals surface area contributed by atoms with Crippen molar-refractivity contribution in [3.63, 3.8) is 0 Å². The van der Waals surface area contributed by atoms with Gasteiger partial charge in [0.1, 0.15) is 18.1 Å². The third kappa shape index (κ3) is 5.27. The van der Waals surface area contributed by atoms with Gasteiger partial charge in [0, 0.05) is 28.3 Å². The summed E-state index contributed by atoms with van der Waals surface area (Å²) in [4.78, 5) is 12.4. The summed E-state index contributed by atoms with van der Waals surface area (Å²) in [6.45, 7) is 3.30. The molecule has 3 aromatic carbocycles. The first kappa shape index (κ1) is 19.8. The zero-order chi connectivity index (χ0) is 19.8. The van der Waals surface area contributed by atoms with Gasteiger partial charge in [-0.15, -0.1) is 0 Å². The van der Waals surface area contributed by atoms with Crippen LogP contribution in [0.1, 0.15) is 28.4 Å². The van der Waals surface area contributed by atoms with Crippen LogP contribution in [0.2, 0.25) is 5.02 Å². The first-order valence-corrected chi connectivity index (χ1v) is 9.50. The van der Waals surface area contributed by atoms with Crippen LogP contribution in [0.15, 0.2) is 72.8 Å². The fraction of sp³-hybridized carbons (Fsp3) is 0.174. The second-order valence-electron chi connectivity index (χ2n) is 6.13. The third-order valence-corrected chi connectivity index (χ3v) is 4.55. The monoisotopic (exact) mass is 395 g/mol. The number of rotatable bonds is 8. The number of ether oxygens (including phenoxy) is 2. The van der Waals surface area contributed by atoms with E-state index in [1.807, 2.05) is 55.5 Å². The van der Waals surface area contributed by atoms with Gasteiger partial charge in [0.25, 0.3) is 5.91 Å². The standard InChI is InChI=1S/C23H22ClNO3/c1-2-27-22-10-6-4-7-18(22)15-25-23(26)17-11-13-20(14-12-17)28-16-19-8-3-5-9-21(19)24/h3-14H,2,15-16H2,1H3,(H,25,26). The Labute approximate surface area is 170 Å². The number of nitrogens with one attached hydrogen (secondary N) is 1. The Morgan fingerprint density at radius 3 is 2.29 bits per heavy atom.